The van der Waals surface area contributed by atoms with E-state index in [1.54, 1.807) is 0 Å². The molecule has 0 spiro atoms. The van der Waals surface area contributed by atoms with Crippen LogP contribution in [0.1, 0.15) is 19.8 Å². The Morgan fingerprint density at radius 1 is 1.40 bits per heavy atom. The number of hydrogen-bond acceptors (Lipinski definition) is 4. The maximum Gasteiger partial charge on any atom is 0.0611 e. The van der Waals surface area contributed by atoms with Crippen molar-refractivity contribution in [1.82, 2.24) is 4.90 Å². The van der Waals surface area contributed by atoms with E-state index in [2.05, 4.69) is 23.6 Å². The SMILES string of the molecule is CCOC1CC(CN)(N2CCSCC2)C1. The topological polar surface area (TPSA) is 38.5 Å². The minimum atomic E-state index is 0.279. The first-order valence-electron chi connectivity index (χ1n) is 5.95. The second-order valence-corrected chi connectivity index (χ2v) is 5.74. The molecular formula is C11H22N2OS. The van der Waals surface area contributed by atoms with Gasteiger partial charge in [-0.2, -0.15) is 11.8 Å². The summed E-state index contributed by atoms with van der Waals surface area (Å²) < 4.78 is 5.64. The fourth-order valence-corrected chi connectivity index (χ4v) is 3.64. The van der Waals surface area contributed by atoms with Gasteiger partial charge in [0.15, 0.2) is 0 Å². The van der Waals surface area contributed by atoms with Crippen LogP contribution in [0.5, 0.6) is 0 Å². The van der Waals surface area contributed by atoms with Crippen molar-refractivity contribution in [3.8, 4) is 0 Å². The third-order valence-electron chi connectivity index (χ3n) is 3.68. The van der Waals surface area contributed by atoms with Crippen LogP contribution >= 0.6 is 11.8 Å². The lowest BCUT2D eigenvalue weighted by Gasteiger charge is -2.54. The summed E-state index contributed by atoms with van der Waals surface area (Å²) in [5.41, 5.74) is 6.23. The lowest BCUT2D eigenvalue weighted by Crippen LogP contribution is -2.65. The standard InChI is InChI=1S/C11H22N2OS/c1-2-14-10-7-11(8-10,9-12)13-3-5-15-6-4-13/h10H,2-9,12H2,1H3. The summed E-state index contributed by atoms with van der Waals surface area (Å²) in [4.78, 5) is 2.60. The van der Waals surface area contributed by atoms with Gasteiger partial charge in [0.25, 0.3) is 0 Å². The summed E-state index contributed by atoms with van der Waals surface area (Å²) in [7, 11) is 0. The summed E-state index contributed by atoms with van der Waals surface area (Å²) in [5, 5.41) is 0. The maximum absolute atomic E-state index is 5.95. The van der Waals surface area contributed by atoms with E-state index in [1.165, 1.54) is 24.6 Å². The Hall–Kier alpha value is 0.230. The van der Waals surface area contributed by atoms with Gasteiger partial charge in [0, 0.05) is 43.3 Å². The first-order valence-corrected chi connectivity index (χ1v) is 7.11. The largest absolute Gasteiger partial charge is 0.378 e. The Labute approximate surface area is 96.7 Å². The molecule has 2 rings (SSSR count). The average molecular weight is 230 g/mol. The van der Waals surface area contributed by atoms with Crippen molar-refractivity contribution >= 4 is 11.8 Å². The molecule has 1 saturated heterocycles. The van der Waals surface area contributed by atoms with Crippen LogP contribution < -0.4 is 5.73 Å². The Kier molecular flexibility index (Phi) is 3.93. The molecule has 0 aromatic rings. The van der Waals surface area contributed by atoms with Crippen molar-refractivity contribution in [3.63, 3.8) is 0 Å². The van der Waals surface area contributed by atoms with E-state index in [9.17, 15) is 0 Å². The molecule has 2 fully saturated rings. The minimum Gasteiger partial charge on any atom is -0.378 e. The Balaban J connectivity index is 1.87. The number of ether oxygens (including phenoxy) is 1. The van der Waals surface area contributed by atoms with Gasteiger partial charge in [0.05, 0.1) is 6.10 Å². The zero-order valence-electron chi connectivity index (χ0n) is 9.58. The molecule has 2 N–H and O–H groups in total. The van der Waals surface area contributed by atoms with Crippen molar-refractivity contribution in [1.29, 1.82) is 0 Å². The van der Waals surface area contributed by atoms with Gasteiger partial charge in [-0.15, -0.1) is 0 Å². The van der Waals surface area contributed by atoms with Crippen LogP contribution in [-0.2, 0) is 4.74 Å². The van der Waals surface area contributed by atoms with Crippen molar-refractivity contribution in [2.75, 3.05) is 37.7 Å². The van der Waals surface area contributed by atoms with Gasteiger partial charge in [-0.05, 0) is 19.8 Å². The van der Waals surface area contributed by atoms with Crippen molar-refractivity contribution < 1.29 is 4.74 Å². The van der Waals surface area contributed by atoms with Crippen LogP contribution in [0, 0.1) is 0 Å². The fourth-order valence-electron chi connectivity index (χ4n) is 2.73. The predicted octanol–water partition coefficient (Wildman–Crippen LogP) is 0.932. The summed E-state index contributed by atoms with van der Waals surface area (Å²) in [5.74, 6) is 2.53. The first kappa shape index (κ1) is 11.7. The van der Waals surface area contributed by atoms with Gasteiger partial charge in [-0.25, -0.2) is 0 Å². The van der Waals surface area contributed by atoms with Crippen molar-refractivity contribution in [2.24, 2.45) is 5.73 Å². The zero-order valence-corrected chi connectivity index (χ0v) is 10.4. The molecule has 0 aromatic heterocycles. The molecule has 3 nitrogen and oxygen atoms in total. The molecule has 1 aliphatic heterocycles. The summed E-state index contributed by atoms with van der Waals surface area (Å²) in [6, 6.07) is 0. The van der Waals surface area contributed by atoms with E-state index in [1.807, 2.05) is 0 Å². The van der Waals surface area contributed by atoms with Gasteiger partial charge in [0.2, 0.25) is 0 Å². The van der Waals surface area contributed by atoms with E-state index >= 15 is 0 Å². The number of thioether (sulfide) groups is 1. The second kappa shape index (κ2) is 5.04. The number of nitrogens with zero attached hydrogens (tertiary/aromatic N) is 1. The first-order chi connectivity index (χ1) is 7.30. The molecule has 1 heterocycles. The van der Waals surface area contributed by atoms with Crippen molar-refractivity contribution in [3.05, 3.63) is 0 Å². The summed E-state index contributed by atoms with van der Waals surface area (Å²) >= 11 is 2.06. The van der Waals surface area contributed by atoms with Crippen LogP contribution in [0.25, 0.3) is 0 Å². The molecule has 2 aliphatic rings. The van der Waals surface area contributed by atoms with Crippen LogP contribution in [0.3, 0.4) is 0 Å². The monoisotopic (exact) mass is 230 g/mol. The average Bonchev–Trinajstić information content (AvgIpc) is 2.24. The predicted molar refractivity (Wildman–Crippen MR) is 65.3 cm³/mol. The Morgan fingerprint density at radius 2 is 2.07 bits per heavy atom. The third-order valence-corrected chi connectivity index (χ3v) is 4.62. The zero-order chi connectivity index (χ0) is 10.7. The third kappa shape index (κ3) is 2.33. The molecule has 15 heavy (non-hydrogen) atoms. The van der Waals surface area contributed by atoms with Crippen LogP contribution in [-0.4, -0.2) is 54.3 Å². The van der Waals surface area contributed by atoms with Gasteiger partial charge >= 0.3 is 0 Å². The van der Waals surface area contributed by atoms with Gasteiger partial charge < -0.3 is 10.5 Å². The minimum absolute atomic E-state index is 0.279. The molecule has 0 amide bonds. The lowest BCUT2D eigenvalue weighted by molar-refractivity contribution is -0.0972. The molecule has 0 unspecified atom stereocenters. The van der Waals surface area contributed by atoms with E-state index < -0.39 is 0 Å². The smallest absolute Gasteiger partial charge is 0.0611 e. The van der Waals surface area contributed by atoms with E-state index in [4.69, 9.17) is 10.5 Å². The Morgan fingerprint density at radius 3 is 2.60 bits per heavy atom. The van der Waals surface area contributed by atoms with Crippen LogP contribution in [0.15, 0.2) is 0 Å². The molecule has 88 valence electrons. The van der Waals surface area contributed by atoms with Gasteiger partial charge in [-0.1, -0.05) is 0 Å². The number of rotatable bonds is 4. The maximum atomic E-state index is 5.95. The highest BCUT2D eigenvalue weighted by Crippen LogP contribution is 2.40. The van der Waals surface area contributed by atoms with Gasteiger partial charge in [-0.3, -0.25) is 4.90 Å². The normalized spacial score (nSPS) is 37.6. The highest BCUT2D eigenvalue weighted by atomic mass is 32.2. The second-order valence-electron chi connectivity index (χ2n) is 4.51. The van der Waals surface area contributed by atoms with Crippen molar-refractivity contribution in [2.45, 2.75) is 31.4 Å². The number of hydrogen-bond donors (Lipinski definition) is 1. The molecule has 1 aliphatic carbocycles. The highest BCUT2D eigenvalue weighted by molar-refractivity contribution is 7.99. The van der Waals surface area contributed by atoms with E-state index in [0.717, 1.165) is 26.0 Å². The molecule has 0 bridgehead atoms. The summed E-state index contributed by atoms with van der Waals surface area (Å²) in [6.07, 6.45) is 2.75. The number of nitrogens with two attached hydrogens (primary N) is 1. The molecule has 0 aromatic carbocycles. The Bertz CT molecular complexity index is 201. The lowest BCUT2D eigenvalue weighted by atomic mass is 9.72. The van der Waals surface area contributed by atoms with E-state index in [0.29, 0.717) is 6.10 Å². The molecule has 0 atom stereocenters. The fraction of sp³-hybridized carbons (Fsp3) is 1.00. The van der Waals surface area contributed by atoms with E-state index in [-0.39, 0.29) is 5.54 Å². The molecule has 4 heteroatoms. The summed E-state index contributed by atoms with van der Waals surface area (Å²) in [6.45, 7) is 6.11. The van der Waals surface area contributed by atoms with Gasteiger partial charge in [0.1, 0.15) is 0 Å². The molecule has 1 saturated carbocycles. The molecule has 0 radical (unpaired) electrons. The van der Waals surface area contributed by atoms with Crippen LogP contribution in [0.2, 0.25) is 0 Å². The highest BCUT2D eigenvalue weighted by Gasteiger charge is 2.48. The van der Waals surface area contributed by atoms with Crippen LogP contribution in [0.4, 0.5) is 0 Å². The quantitative estimate of drug-likeness (QED) is 0.780. The molecular weight excluding hydrogens is 208 g/mol.